The molecule has 1 N–H and O–H groups in total. The number of esters is 2. The number of carboxylic acids is 1. The smallest absolute Gasteiger partial charge is 0.352 e. The molecule has 0 aliphatic rings. The minimum atomic E-state index is -1.35. The molecule has 0 aliphatic carbocycles. The van der Waals surface area contributed by atoms with Gasteiger partial charge in [-0.1, -0.05) is 79.4 Å². The maximum absolute atomic E-state index is 12.9. The number of aliphatic carboxylic acids is 1. The van der Waals surface area contributed by atoms with Crippen LogP contribution in [0.1, 0.15) is 23.7 Å². The monoisotopic (exact) mass is 418 g/mol. The molecule has 0 aromatic heterocycles. The van der Waals surface area contributed by atoms with Crippen molar-refractivity contribution in [2.75, 3.05) is 6.61 Å². The molecule has 31 heavy (non-hydrogen) atoms. The van der Waals surface area contributed by atoms with Crippen LogP contribution < -0.4 is 0 Å². The molecular weight excluding hydrogens is 396 g/mol. The van der Waals surface area contributed by atoms with E-state index in [4.69, 9.17) is 14.6 Å². The van der Waals surface area contributed by atoms with Gasteiger partial charge in [0.15, 0.2) is 0 Å². The van der Waals surface area contributed by atoms with E-state index in [0.717, 1.165) is 16.3 Å². The van der Waals surface area contributed by atoms with Crippen molar-refractivity contribution in [3.8, 4) is 0 Å². The van der Waals surface area contributed by atoms with Gasteiger partial charge >= 0.3 is 17.9 Å². The van der Waals surface area contributed by atoms with Crippen LogP contribution in [0, 0.1) is 0 Å². The first-order valence-electron chi connectivity index (χ1n) is 9.74. The van der Waals surface area contributed by atoms with Crippen molar-refractivity contribution < 1.29 is 29.0 Å². The highest BCUT2D eigenvalue weighted by Crippen LogP contribution is 2.28. The lowest BCUT2D eigenvalue weighted by Gasteiger charge is -2.19. The second-order valence-corrected chi connectivity index (χ2v) is 6.93. The molecule has 6 nitrogen and oxygen atoms in total. The molecule has 6 heteroatoms. The summed E-state index contributed by atoms with van der Waals surface area (Å²) in [6.45, 7) is 3.57. The van der Waals surface area contributed by atoms with Crippen molar-refractivity contribution in [2.24, 2.45) is 0 Å². The van der Waals surface area contributed by atoms with Gasteiger partial charge in [0, 0.05) is 17.6 Å². The van der Waals surface area contributed by atoms with E-state index in [2.05, 4.69) is 6.58 Å². The molecule has 1 unspecified atom stereocenters. The van der Waals surface area contributed by atoms with Gasteiger partial charge in [0.1, 0.15) is 0 Å². The number of fused-ring (bicyclic) bond motifs is 1. The number of carbonyl (C=O) groups is 3. The highest BCUT2D eigenvalue weighted by atomic mass is 16.6. The molecule has 1 atom stereocenters. The Kier molecular flexibility index (Phi) is 7.17. The summed E-state index contributed by atoms with van der Waals surface area (Å²) in [5, 5.41) is 10.5. The topological polar surface area (TPSA) is 89.9 Å². The second kappa shape index (κ2) is 10.2. The molecule has 0 fully saturated rings. The van der Waals surface area contributed by atoms with Gasteiger partial charge in [0.05, 0.1) is 13.0 Å². The summed E-state index contributed by atoms with van der Waals surface area (Å²) in [7, 11) is 0. The minimum Gasteiger partial charge on any atom is -0.481 e. The standard InChI is InChI=1S/C25H22O6/c1-17(16-22(26)27)24(28)31-23(21-13-7-11-19-10-5-6-12-20(19)21)25(29)30-15-14-18-8-3-2-4-9-18/h2-13,23H,1,14-16H2,(H,26,27). The summed E-state index contributed by atoms with van der Waals surface area (Å²) in [5.41, 5.74) is 1.21. The van der Waals surface area contributed by atoms with Crippen molar-refractivity contribution in [3.05, 3.63) is 96.1 Å². The maximum Gasteiger partial charge on any atom is 0.352 e. The third-order valence-corrected chi connectivity index (χ3v) is 4.68. The molecule has 0 bridgehead atoms. The molecule has 3 aromatic carbocycles. The van der Waals surface area contributed by atoms with Gasteiger partial charge in [-0.3, -0.25) is 4.79 Å². The number of hydrogen-bond acceptors (Lipinski definition) is 5. The van der Waals surface area contributed by atoms with Crippen LogP contribution >= 0.6 is 0 Å². The average Bonchev–Trinajstić information content (AvgIpc) is 2.77. The van der Waals surface area contributed by atoms with Crippen LogP contribution in [0.4, 0.5) is 0 Å². The van der Waals surface area contributed by atoms with E-state index in [-0.39, 0.29) is 12.2 Å². The number of carbonyl (C=O) groups excluding carboxylic acids is 2. The Labute approximate surface area is 179 Å². The lowest BCUT2D eigenvalue weighted by Crippen LogP contribution is -2.24. The number of benzene rings is 3. The molecule has 3 rings (SSSR count). The van der Waals surface area contributed by atoms with Gasteiger partial charge in [0.2, 0.25) is 6.10 Å². The summed E-state index contributed by atoms with van der Waals surface area (Å²) >= 11 is 0. The molecule has 0 saturated carbocycles. The molecule has 0 spiro atoms. The van der Waals surface area contributed by atoms with Crippen LogP contribution in [0.15, 0.2) is 84.9 Å². The summed E-state index contributed by atoms with van der Waals surface area (Å²) in [5.74, 6) is -2.90. The van der Waals surface area contributed by atoms with E-state index in [9.17, 15) is 14.4 Å². The molecular formula is C25H22O6. The summed E-state index contributed by atoms with van der Waals surface area (Å²) in [6.07, 6.45) is -1.42. The predicted molar refractivity (Wildman–Crippen MR) is 115 cm³/mol. The van der Waals surface area contributed by atoms with Gasteiger partial charge in [-0.05, 0) is 16.3 Å². The van der Waals surface area contributed by atoms with Crippen LogP contribution in [0.25, 0.3) is 10.8 Å². The number of carboxylic acid groups (broad SMARTS) is 1. The van der Waals surface area contributed by atoms with Crippen molar-refractivity contribution in [3.63, 3.8) is 0 Å². The number of rotatable bonds is 9. The fourth-order valence-corrected chi connectivity index (χ4v) is 3.15. The van der Waals surface area contributed by atoms with E-state index in [1.54, 1.807) is 12.1 Å². The van der Waals surface area contributed by atoms with Gasteiger partial charge in [-0.15, -0.1) is 0 Å². The zero-order valence-electron chi connectivity index (χ0n) is 16.8. The number of ether oxygens (including phenoxy) is 2. The van der Waals surface area contributed by atoms with Crippen molar-refractivity contribution in [1.82, 2.24) is 0 Å². The van der Waals surface area contributed by atoms with Crippen LogP contribution in [0.3, 0.4) is 0 Å². The Hall–Kier alpha value is -3.93. The lowest BCUT2D eigenvalue weighted by atomic mass is 10.00. The van der Waals surface area contributed by atoms with Gasteiger partial charge in [-0.2, -0.15) is 0 Å². The van der Waals surface area contributed by atoms with Crippen LogP contribution in [-0.4, -0.2) is 29.6 Å². The normalized spacial score (nSPS) is 11.5. The van der Waals surface area contributed by atoms with Gasteiger partial charge in [-0.25, -0.2) is 9.59 Å². The van der Waals surface area contributed by atoms with E-state index < -0.39 is 30.4 Å². The largest absolute Gasteiger partial charge is 0.481 e. The Morgan fingerprint density at radius 2 is 1.58 bits per heavy atom. The Morgan fingerprint density at radius 1 is 0.903 bits per heavy atom. The first-order valence-corrected chi connectivity index (χ1v) is 9.74. The SMILES string of the molecule is C=C(CC(=O)O)C(=O)OC(C(=O)OCCc1ccccc1)c1cccc2ccccc12. The number of hydrogen-bond donors (Lipinski definition) is 1. The Morgan fingerprint density at radius 3 is 2.32 bits per heavy atom. The Balaban J connectivity index is 1.83. The third kappa shape index (κ3) is 5.79. The first-order chi connectivity index (χ1) is 15.0. The fraction of sp³-hybridized carbons (Fsp3) is 0.160. The lowest BCUT2D eigenvalue weighted by molar-refractivity contribution is -0.166. The molecule has 3 aromatic rings. The van der Waals surface area contributed by atoms with Crippen LogP contribution in [-0.2, 0) is 30.3 Å². The zero-order chi connectivity index (χ0) is 22.2. The van der Waals surface area contributed by atoms with Gasteiger partial charge in [0.25, 0.3) is 0 Å². The molecule has 158 valence electrons. The van der Waals surface area contributed by atoms with Crippen LogP contribution in [0.5, 0.6) is 0 Å². The van der Waals surface area contributed by atoms with Gasteiger partial charge < -0.3 is 14.6 Å². The highest BCUT2D eigenvalue weighted by molar-refractivity contribution is 5.96. The fourth-order valence-electron chi connectivity index (χ4n) is 3.15. The second-order valence-electron chi connectivity index (χ2n) is 6.93. The predicted octanol–water partition coefficient (Wildman–Crippen LogP) is 4.24. The Bertz CT molecular complexity index is 1100. The average molecular weight is 418 g/mol. The van der Waals surface area contributed by atoms with E-state index in [1.165, 1.54) is 0 Å². The first kappa shape index (κ1) is 21.8. The van der Waals surface area contributed by atoms with Crippen molar-refractivity contribution in [1.29, 1.82) is 0 Å². The highest BCUT2D eigenvalue weighted by Gasteiger charge is 2.29. The van der Waals surface area contributed by atoms with E-state index in [0.29, 0.717) is 12.0 Å². The molecule has 0 amide bonds. The zero-order valence-corrected chi connectivity index (χ0v) is 16.8. The molecule has 0 radical (unpaired) electrons. The quantitative estimate of drug-likeness (QED) is 0.413. The summed E-state index contributed by atoms with van der Waals surface area (Å²) < 4.78 is 10.8. The molecule has 0 saturated heterocycles. The third-order valence-electron chi connectivity index (χ3n) is 4.68. The van der Waals surface area contributed by atoms with Crippen molar-refractivity contribution >= 4 is 28.7 Å². The summed E-state index contributed by atoms with van der Waals surface area (Å²) in [4.78, 5) is 36.2. The van der Waals surface area contributed by atoms with Crippen LogP contribution in [0.2, 0.25) is 0 Å². The minimum absolute atomic E-state index is 0.109. The van der Waals surface area contributed by atoms with E-state index in [1.807, 2.05) is 60.7 Å². The van der Waals surface area contributed by atoms with E-state index >= 15 is 0 Å². The van der Waals surface area contributed by atoms with Crippen molar-refractivity contribution in [2.45, 2.75) is 18.9 Å². The molecule has 0 heterocycles. The molecule has 0 aliphatic heterocycles. The maximum atomic E-state index is 12.9. The summed E-state index contributed by atoms with van der Waals surface area (Å²) in [6, 6.07) is 22.2.